The first kappa shape index (κ1) is 14.1. The molecule has 3 rings (SSSR count). The highest BCUT2D eigenvalue weighted by Crippen LogP contribution is 2.27. The Morgan fingerprint density at radius 2 is 2.00 bits per heavy atom. The third-order valence-electron chi connectivity index (χ3n) is 4.39. The van der Waals surface area contributed by atoms with E-state index in [4.69, 9.17) is 0 Å². The SMILES string of the molecule is Cc1ccc(NC(=O)CN2[C@@H]3CC[C@H]2CC(=O)NC3)cc1. The Kier molecular flexibility index (Phi) is 3.92. The van der Waals surface area contributed by atoms with Crippen molar-refractivity contribution in [2.45, 2.75) is 38.3 Å². The van der Waals surface area contributed by atoms with Crippen LogP contribution in [0.1, 0.15) is 24.8 Å². The van der Waals surface area contributed by atoms with Gasteiger partial charge in [-0.1, -0.05) is 17.7 Å². The summed E-state index contributed by atoms with van der Waals surface area (Å²) in [4.78, 5) is 26.0. The van der Waals surface area contributed by atoms with Gasteiger partial charge in [0, 0.05) is 30.7 Å². The summed E-state index contributed by atoms with van der Waals surface area (Å²) in [6.45, 7) is 3.04. The molecule has 2 amide bonds. The molecule has 1 aromatic rings. The Bertz CT molecular complexity index is 541. The Morgan fingerprint density at radius 1 is 1.29 bits per heavy atom. The number of hydrogen-bond acceptors (Lipinski definition) is 3. The molecule has 0 saturated carbocycles. The van der Waals surface area contributed by atoms with E-state index in [0.29, 0.717) is 25.6 Å². The Hall–Kier alpha value is -1.88. The van der Waals surface area contributed by atoms with Crippen molar-refractivity contribution in [3.8, 4) is 0 Å². The van der Waals surface area contributed by atoms with Crippen LogP contribution in [0.5, 0.6) is 0 Å². The number of carbonyl (C=O) groups is 2. The lowest BCUT2D eigenvalue weighted by molar-refractivity contribution is -0.122. The fraction of sp³-hybridized carbons (Fsp3) is 0.500. The molecule has 2 saturated heterocycles. The zero-order chi connectivity index (χ0) is 14.8. The Balaban J connectivity index is 1.61. The van der Waals surface area contributed by atoms with E-state index in [1.807, 2.05) is 31.2 Å². The van der Waals surface area contributed by atoms with E-state index in [2.05, 4.69) is 15.5 Å². The number of carbonyl (C=O) groups excluding carboxylic acids is 2. The molecule has 21 heavy (non-hydrogen) atoms. The van der Waals surface area contributed by atoms with Crippen LogP contribution in [0.2, 0.25) is 0 Å². The molecule has 2 atom stereocenters. The minimum atomic E-state index is -0.00916. The van der Waals surface area contributed by atoms with Crippen molar-refractivity contribution in [3.63, 3.8) is 0 Å². The molecule has 2 aliphatic rings. The van der Waals surface area contributed by atoms with Crippen molar-refractivity contribution < 1.29 is 9.59 Å². The zero-order valence-corrected chi connectivity index (χ0v) is 12.3. The van der Waals surface area contributed by atoms with Gasteiger partial charge in [0.05, 0.1) is 6.54 Å². The van der Waals surface area contributed by atoms with Gasteiger partial charge in [0.2, 0.25) is 11.8 Å². The molecule has 0 spiro atoms. The van der Waals surface area contributed by atoms with E-state index in [1.165, 1.54) is 5.56 Å². The lowest BCUT2D eigenvalue weighted by atomic mass is 10.1. The molecule has 0 aliphatic carbocycles. The minimum Gasteiger partial charge on any atom is -0.354 e. The molecule has 2 bridgehead atoms. The first-order chi connectivity index (χ1) is 10.1. The summed E-state index contributed by atoms with van der Waals surface area (Å²) >= 11 is 0. The van der Waals surface area contributed by atoms with Gasteiger partial charge in [0.25, 0.3) is 0 Å². The number of benzene rings is 1. The van der Waals surface area contributed by atoms with Crippen LogP contribution in [-0.2, 0) is 9.59 Å². The first-order valence-corrected chi connectivity index (χ1v) is 7.51. The third-order valence-corrected chi connectivity index (χ3v) is 4.39. The monoisotopic (exact) mass is 287 g/mol. The number of rotatable bonds is 3. The minimum absolute atomic E-state index is 0.00916. The maximum atomic E-state index is 12.2. The molecule has 0 unspecified atom stereocenters. The first-order valence-electron chi connectivity index (χ1n) is 7.51. The number of anilines is 1. The van der Waals surface area contributed by atoms with E-state index >= 15 is 0 Å². The van der Waals surface area contributed by atoms with Crippen molar-refractivity contribution in [2.24, 2.45) is 0 Å². The third kappa shape index (κ3) is 3.24. The van der Waals surface area contributed by atoms with Crippen LogP contribution in [0.3, 0.4) is 0 Å². The van der Waals surface area contributed by atoms with Gasteiger partial charge in [0.1, 0.15) is 0 Å². The van der Waals surface area contributed by atoms with Gasteiger partial charge in [-0.15, -0.1) is 0 Å². The Labute approximate surface area is 124 Å². The zero-order valence-electron chi connectivity index (χ0n) is 12.3. The lowest BCUT2D eigenvalue weighted by Gasteiger charge is -2.26. The predicted molar refractivity (Wildman–Crippen MR) is 81.0 cm³/mol. The molecular formula is C16H21N3O2. The molecule has 5 heteroatoms. The summed E-state index contributed by atoms with van der Waals surface area (Å²) in [5, 5.41) is 5.85. The summed E-state index contributed by atoms with van der Waals surface area (Å²) in [6, 6.07) is 8.29. The smallest absolute Gasteiger partial charge is 0.238 e. The van der Waals surface area contributed by atoms with Crippen LogP contribution in [-0.4, -0.2) is 41.9 Å². The van der Waals surface area contributed by atoms with Gasteiger partial charge < -0.3 is 10.6 Å². The Morgan fingerprint density at radius 3 is 2.76 bits per heavy atom. The van der Waals surface area contributed by atoms with E-state index in [1.54, 1.807) is 0 Å². The summed E-state index contributed by atoms with van der Waals surface area (Å²) in [5.41, 5.74) is 1.99. The summed E-state index contributed by atoms with van der Waals surface area (Å²) < 4.78 is 0. The van der Waals surface area contributed by atoms with Gasteiger partial charge in [-0.3, -0.25) is 14.5 Å². The molecule has 112 valence electrons. The highest BCUT2D eigenvalue weighted by molar-refractivity contribution is 5.92. The van der Waals surface area contributed by atoms with Crippen LogP contribution in [0, 0.1) is 6.92 Å². The quantitative estimate of drug-likeness (QED) is 0.880. The van der Waals surface area contributed by atoms with Gasteiger partial charge in [-0.25, -0.2) is 0 Å². The number of hydrogen-bond donors (Lipinski definition) is 2. The number of nitrogens with zero attached hydrogens (tertiary/aromatic N) is 1. The maximum absolute atomic E-state index is 12.2. The second-order valence-electron chi connectivity index (χ2n) is 5.98. The van der Waals surface area contributed by atoms with Gasteiger partial charge in [-0.05, 0) is 31.9 Å². The standard InChI is InChI=1S/C16H21N3O2/c1-11-2-4-12(5-3-11)18-16(21)10-19-13-6-7-14(19)9-17-15(20)8-13/h2-5,13-14H,6-10H2,1H3,(H,17,20)(H,18,21)/t13-,14+/m0/s1. The number of amides is 2. The van der Waals surface area contributed by atoms with E-state index in [-0.39, 0.29) is 17.9 Å². The predicted octanol–water partition coefficient (Wildman–Crippen LogP) is 1.29. The molecule has 2 aliphatic heterocycles. The van der Waals surface area contributed by atoms with Crippen LogP contribution >= 0.6 is 0 Å². The summed E-state index contributed by atoms with van der Waals surface area (Å²) in [5.74, 6) is 0.0937. The molecule has 0 radical (unpaired) electrons. The molecular weight excluding hydrogens is 266 g/mol. The lowest BCUT2D eigenvalue weighted by Crippen LogP contribution is -2.42. The largest absolute Gasteiger partial charge is 0.354 e. The van der Waals surface area contributed by atoms with E-state index < -0.39 is 0 Å². The molecule has 2 fully saturated rings. The highest BCUT2D eigenvalue weighted by Gasteiger charge is 2.38. The highest BCUT2D eigenvalue weighted by atomic mass is 16.2. The molecule has 1 aromatic carbocycles. The average Bonchev–Trinajstić information content (AvgIpc) is 2.72. The fourth-order valence-electron chi connectivity index (χ4n) is 3.23. The second kappa shape index (κ2) is 5.85. The molecule has 0 aromatic heterocycles. The van der Waals surface area contributed by atoms with Crippen LogP contribution in [0.4, 0.5) is 5.69 Å². The number of nitrogens with one attached hydrogen (secondary N) is 2. The molecule has 2 N–H and O–H groups in total. The van der Waals surface area contributed by atoms with Gasteiger partial charge in [0.15, 0.2) is 0 Å². The summed E-state index contributed by atoms with van der Waals surface area (Å²) in [6.07, 6.45) is 2.58. The fourth-order valence-corrected chi connectivity index (χ4v) is 3.23. The van der Waals surface area contributed by atoms with E-state index in [9.17, 15) is 9.59 Å². The van der Waals surface area contributed by atoms with Gasteiger partial charge >= 0.3 is 0 Å². The molecule has 5 nitrogen and oxygen atoms in total. The molecule has 2 heterocycles. The average molecular weight is 287 g/mol. The summed E-state index contributed by atoms with van der Waals surface area (Å²) in [7, 11) is 0. The maximum Gasteiger partial charge on any atom is 0.238 e. The van der Waals surface area contributed by atoms with Crippen LogP contribution in [0.25, 0.3) is 0 Å². The topological polar surface area (TPSA) is 61.4 Å². The number of aryl methyl sites for hydroxylation is 1. The van der Waals surface area contributed by atoms with Crippen molar-refractivity contribution in [2.75, 3.05) is 18.4 Å². The van der Waals surface area contributed by atoms with E-state index in [0.717, 1.165) is 18.5 Å². The van der Waals surface area contributed by atoms with Gasteiger partial charge in [-0.2, -0.15) is 0 Å². The van der Waals surface area contributed by atoms with Crippen molar-refractivity contribution in [1.29, 1.82) is 0 Å². The van der Waals surface area contributed by atoms with Crippen molar-refractivity contribution in [3.05, 3.63) is 29.8 Å². The second-order valence-corrected chi connectivity index (χ2v) is 5.98. The van der Waals surface area contributed by atoms with Crippen LogP contribution < -0.4 is 10.6 Å². The normalized spacial score (nSPS) is 25.3. The van der Waals surface area contributed by atoms with Crippen molar-refractivity contribution >= 4 is 17.5 Å². The van der Waals surface area contributed by atoms with Crippen molar-refractivity contribution in [1.82, 2.24) is 10.2 Å². The number of fused-ring (bicyclic) bond motifs is 2. The van der Waals surface area contributed by atoms with Crippen LogP contribution in [0.15, 0.2) is 24.3 Å².